The van der Waals surface area contributed by atoms with Crippen LogP contribution in [0.3, 0.4) is 0 Å². The molecule has 2 rings (SSSR count). The number of aromatic nitrogens is 1. The first-order valence-corrected chi connectivity index (χ1v) is 9.94. The molecule has 2 aromatic rings. The number of pyridine rings is 1. The summed E-state index contributed by atoms with van der Waals surface area (Å²) in [5, 5.41) is 3.15. The molecule has 0 amide bonds. The van der Waals surface area contributed by atoms with Gasteiger partial charge in [-0.15, -0.1) is 0 Å². The molecule has 0 radical (unpaired) electrons. The van der Waals surface area contributed by atoms with Crippen molar-refractivity contribution in [1.29, 1.82) is 0 Å². The van der Waals surface area contributed by atoms with E-state index in [1.807, 2.05) is 37.3 Å². The molecule has 0 saturated heterocycles. The predicted octanol–water partition coefficient (Wildman–Crippen LogP) is 4.44. The van der Waals surface area contributed by atoms with E-state index in [4.69, 9.17) is 9.05 Å². The quantitative estimate of drug-likeness (QED) is 0.303. The van der Waals surface area contributed by atoms with Crippen molar-refractivity contribution in [1.82, 2.24) is 4.98 Å². The van der Waals surface area contributed by atoms with Gasteiger partial charge in [-0.3, -0.25) is 0 Å². The Morgan fingerprint density at radius 3 is 2.35 bits per heavy atom. The van der Waals surface area contributed by atoms with E-state index < -0.39 is 13.6 Å². The Hall–Kier alpha value is -2.30. The van der Waals surface area contributed by atoms with Gasteiger partial charge in [0.1, 0.15) is 5.82 Å². The normalized spacial score (nSPS) is 12.3. The topological polar surface area (TPSA) is 96.9 Å². The predicted molar refractivity (Wildman–Crippen MR) is 101 cm³/mol. The van der Waals surface area contributed by atoms with Crippen LogP contribution in [0.25, 0.3) is 5.53 Å². The molecular formula is C18H23N4O3P. The highest BCUT2D eigenvalue weighted by molar-refractivity contribution is 7.72. The molecule has 26 heavy (non-hydrogen) atoms. The number of rotatable bonds is 9. The second-order valence-electron chi connectivity index (χ2n) is 5.49. The first-order chi connectivity index (χ1) is 12.5. The van der Waals surface area contributed by atoms with Crippen LogP contribution in [0.1, 0.15) is 31.0 Å². The summed E-state index contributed by atoms with van der Waals surface area (Å²) in [6.45, 7) is 5.68. The summed E-state index contributed by atoms with van der Waals surface area (Å²) in [6, 6.07) is 12.2. The number of nitrogens with one attached hydrogen (secondary N) is 1. The van der Waals surface area contributed by atoms with Crippen molar-refractivity contribution in [2.45, 2.75) is 26.8 Å². The second-order valence-corrected chi connectivity index (χ2v) is 7.46. The van der Waals surface area contributed by atoms with Gasteiger partial charge in [-0.2, -0.15) is 4.79 Å². The molecule has 0 saturated carbocycles. The standard InChI is InChI=1S/C18H23N4O3P/c1-4-24-26(23,25-5-2)18(22-19)17(15-11-9-14(3)10-12-15)21-16-8-6-7-13-20-16/h6-13,17H,4-5H2,1-3H3,(H,20,21). The largest absolute Gasteiger partial charge is 0.440 e. The Morgan fingerprint density at radius 1 is 1.19 bits per heavy atom. The highest BCUT2D eigenvalue weighted by atomic mass is 31.2. The maximum Gasteiger partial charge on any atom is 0.440 e. The number of benzene rings is 1. The van der Waals surface area contributed by atoms with Crippen molar-refractivity contribution in [3.8, 4) is 0 Å². The monoisotopic (exact) mass is 374 g/mol. The van der Waals surface area contributed by atoms with Gasteiger partial charge in [-0.05, 0) is 38.5 Å². The smallest absolute Gasteiger partial charge is 0.361 e. The maximum atomic E-state index is 13.2. The first-order valence-electron chi connectivity index (χ1n) is 8.39. The van der Waals surface area contributed by atoms with E-state index in [9.17, 15) is 10.1 Å². The molecule has 1 aromatic heterocycles. The molecule has 0 bridgehead atoms. The van der Waals surface area contributed by atoms with Crippen LogP contribution in [0.4, 0.5) is 5.82 Å². The number of nitrogens with zero attached hydrogens (tertiary/aromatic N) is 3. The van der Waals surface area contributed by atoms with Crippen molar-refractivity contribution >= 4 is 18.9 Å². The maximum absolute atomic E-state index is 13.2. The summed E-state index contributed by atoms with van der Waals surface area (Å²) >= 11 is 0. The third-order valence-corrected chi connectivity index (χ3v) is 5.71. The first kappa shape index (κ1) is 20.0. The summed E-state index contributed by atoms with van der Waals surface area (Å²) in [5.41, 5.74) is 11.4. The molecule has 1 aromatic carbocycles. The summed E-state index contributed by atoms with van der Waals surface area (Å²) < 4.78 is 24.0. The summed E-state index contributed by atoms with van der Waals surface area (Å²) in [5.74, 6) is 0.541. The minimum absolute atomic E-state index is 0.115. The van der Waals surface area contributed by atoms with Crippen molar-refractivity contribution in [3.63, 3.8) is 0 Å². The lowest BCUT2D eigenvalue weighted by atomic mass is 10.1. The Labute approximate surface area is 153 Å². The second kappa shape index (κ2) is 9.41. The minimum Gasteiger partial charge on any atom is -0.361 e. The van der Waals surface area contributed by atoms with Crippen molar-refractivity contribution in [2.24, 2.45) is 0 Å². The van der Waals surface area contributed by atoms with E-state index in [2.05, 4.69) is 15.1 Å². The number of anilines is 1. The SMILES string of the molecule is CCOP(=O)(OCC)C(=[N+]=[N-])C(Nc1ccccn1)c1ccc(C)cc1. The van der Waals surface area contributed by atoms with E-state index in [0.29, 0.717) is 5.82 Å². The molecule has 7 nitrogen and oxygen atoms in total. The average Bonchev–Trinajstić information content (AvgIpc) is 2.63. The van der Waals surface area contributed by atoms with Crippen LogP contribution >= 0.6 is 7.60 Å². The Morgan fingerprint density at radius 2 is 1.85 bits per heavy atom. The molecule has 1 atom stereocenters. The minimum atomic E-state index is -3.79. The van der Waals surface area contributed by atoms with Crippen molar-refractivity contribution < 1.29 is 18.4 Å². The van der Waals surface area contributed by atoms with Gasteiger partial charge in [-0.25, -0.2) is 9.55 Å². The van der Waals surface area contributed by atoms with Gasteiger partial charge in [0.05, 0.1) is 13.2 Å². The Kier molecular flexibility index (Phi) is 7.25. The molecule has 8 heteroatoms. The molecule has 0 aliphatic carbocycles. The van der Waals surface area contributed by atoms with Crippen LogP contribution < -0.4 is 5.32 Å². The summed E-state index contributed by atoms with van der Waals surface area (Å²) in [7, 11) is -3.79. The fourth-order valence-corrected chi connectivity index (χ4v) is 4.09. The fraction of sp³-hybridized carbons (Fsp3) is 0.333. The lowest BCUT2D eigenvalue weighted by Gasteiger charge is -2.20. The van der Waals surface area contributed by atoms with Gasteiger partial charge < -0.3 is 19.9 Å². The van der Waals surface area contributed by atoms with Crippen LogP contribution in [-0.4, -0.2) is 28.4 Å². The molecule has 0 aliphatic rings. The van der Waals surface area contributed by atoms with Crippen molar-refractivity contribution in [2.75, 3.05) is 18.5 Å². The molecule has 1 heterocycles. The van der Waals surface area contributed by atoms with E-state index in [1.54, 1.807) is 32.2 Å². The van der Waals surface area contributed by atoms with Gasteiger partial charge in [-0.1, -0.05) is 35.9 Å². The number of aryl methyl sites for hydroxylation is 1. The lowest BCUT2D eigenvalue weighted by molar-refractivity contribution is -0.00775. The van der Waals surface area contributed by atoms with E-state index in [1.165, 1.54) is 0 Å². The van der Waals surface area contributed by atoms with Gasteiger partial charge in [0.15, 0.2) is 6.04 Å². The van der Waals surface area contributed by atoms with Gasteiger partial charge in [0.2, 0.25) is 0 Å². The summed E-state index contributed by atoms with van der Waals surface area (Å²) in [6.07, 6.45) is 1.63. The molecule has 138 valence electrons. The zero-order valence-electron chi connectivity index (χ0n) is 15.1. The number of hydrogen-bond donors (Lipinski definition) is 1. The highest BCUT2D eigenvalue weighted by Crippen LogP contribution is 2.52. The average molecular weight is 374 g/mol. The van der Waals surface area contributed by atoms with E-state index in [0.717, 1.165) is 11.1 Å². The van der Waals surface area contributed by atoms with Crippen LogP contribution in [-0.2, 0) is 13.6 Å². The molecule has 1 unspecified atom stereocenters. The Bertz CT molecular complexity index is 795. The fourth-order valence-electron chi connectivity index (χ4n) is 2.43. The van der Waals surface area contributed by atoms with Crippen LogP contribution in [0.15, 0.2) is 48.7 Å². The van der Waals surface area contributed by atoms with Crippen LogP contribution in [0.5, 0.6) is 0 Å². The third-order valence-electron chi connectivity index (χ3n) is 3.61. The van der Waals surface area contributed by atoms with Gasteiger partial charge >= 0.3 is 13.0 Å². The zero-order chi connectivity index (χ0) is 19.0. The van der Waals surface area contributed by atoms with Gasteiger partial charge in [0, 0.05) is 6.20 Å². The molecule has 0 aliphatic heterocycles. The van der Waals surface area contributed by atoms with E-state index in [-0.39, 0.29) is 18.7 Å². The summed E-state index contributed by atoms with van der Waals surface area (Å²) in [4.78, 5) is 7.54. The molecule has 0 spiro atoms. The van der Waals surface area contributed by atoms with Crippen LogP contribution in [0, 0.1) is 6.92 Å². The number of hydrogen-bond acceptors (Lipinski definition) is 5. The van der Waals surface area contributed by atoms with Crippen molar-refractivity contribution in [3.05, 3.63) is 65.3 Å². The zero-order valence-corrected chi connectivity index (χ0v) is 16.0. The molecule has 0 fully saturated rings. The highest BCUT2D eigenvalue weighted by Gasteiger charge is 2.46. The van der Waals surface area contributed by atoms with Gasteiger partial charge in [0.25, 0.3) is 0 Å². The van der Waals surface area contributed by atoms with E-state index >= 15 is 0 Å². The molecular weight excluding hydrogens is 351 g/mol. The third kappa shape index (κ3) is 4.87. The molecule has 1 N–H and O–H groups in total. The van der Waals surface area contributed by atoms with Crippen LogP contribution in [0.2, 0.25) is 0 Å². The Balaban J connectivity index is 2.51. The lowest BCUT2D eigenvalue weighted by Crippen LogP contribution is -2.24.